The zero-order valence-electron chi connectivity index (χ0n) is 10.2. The first kappa shape index (κ1) is 12.9. The lowest BCUT2D eigenvalue weighted by Crippen LogP contribution is -2.40. The van der Waals surface area contributed by atoms with E-state index in [1.807, 2.05) is 0 Å². The van der Waals surface area contributed by atoms with Gasteiger partial charge in [0.25, 0.3) is 0 Å². The first-order chi connectivity index (χ1) is 7.33. The summed E-state index contributed by atoms with van der Waals surface area (Å²) in [4.78, 5) is 0. The van der Waals surface area contributed by atoms with Gasteiger partial charge in [-0.2, -0.15) is 0 Å². The zero-order valence-corrected chi connectivity index (χ0v) is 10.2. The predicted octanol–water partition coefficient (Wildman–Crippen LogP) is 1.82. The molecule has 1 rings (SSSR count). The van der Waals surface area contributed by atoms with Gasteiger partial charge < -0.3 is 14.8 Å². The molecule has 1 N–H and O–H groups in total. The summed E-state index contributed by atoms with van der Waals surface area (Å²) in [6.45, 7) is 7.03. The van der Waals surface area contributed by atoms with Crippen molar-refractivity contribution in [2.75, 3.05) is 40.0 Å². The third-order valence-corrected chi connectivity index (χ3v) is 3.32. The van der Waals surface area contributed by atoms with Gasteiger partial charge in [-0.3, -0.25) is 0 Å². The standard InChI is InChI=1S/C12H25NO2/c1-3-4-12(5-8-15-9-6-12)11-13-7-10-14-2/h13H,3-11H2,1-2H3. The number of methoxy groups -OCH3 is 1. The average molecular weight is 215 g/mol. The summed E-state index contributed by atoms with van der Waals surface area (Å²) in [5.41, 5.74) is 0.487. The molecule has 0 aromatic heterocycles. The molecule has 0 radical (unpaired) electrons. The number of hydrogen-bond donors (Lipinski definition) is 1. The average Bonchev–Trinajstić information content (AvgIpc) is 2.26. The molecule has 0 saturated carbocycles. The molecule has 0 spiro atoms. The minimum Gasteiger partial charge on any atom is -0.383 e. The van der Waals surface area contributed by atoms with Crippen molar-refractivity contribution in [2.45, 2.75) is 32.6 Å². The van der Waals surface area contributed by atoms with Crippen molar-refractivity contribution in [2.24, 2.45) is 5.41 Å². The molecule has 90 valence electrons. The number of nitrogens with one attached hydrogen (secondary N) is 1. The van der Waals surface area contributed by atoms with E-state index in [0.717, 1.165) is 32.9 Å². The predicted molar refractivity (Wildman–Crippen MR) is 62.1 cm³/mol. The van der Waals surface area contributed by atoms with Crippen LogP contribution in [0.2, 0.25) is 0 Å². The van der Waals surface area contributed by atoms with Crippen LogP contribution in [0, 0.1) is 5.41 Å². The lowest BCUT2D eigenvalue weighted by molar-refractivity contribution is 0.00948. The molecular formula is C12H25NO2. The summed E-state index contributed by atoms with van der Waals surface area (Å²) in [6.07, 6.45) is 5.00. The summed E-state index contributed by atoms with van der Waals surface area (Å²) in [6, 6.07) is 0. The monoisotopic (exact) mass is 215 g/mol. The second kappa shape index (κ2) is 7.20. The van der Waals surface area contributed by atoms with Gasteiger partial charge >= 0.3 is 0 Å². The molecule has 0 unspecified atom stereocenters. The van der Waals surface area contributed by atoms with Crippen molar-refractivity contribution in [3.8, 4) is 0 Å². The van der Waals surface area contributed by atoms with Gasteiger partial charge in [-0.15, -0.1) is 0 Å². The molecule has 15 heavy (non-hydrogen) atoms. The van der Waals surface area contributed by atoms with Crippen LogP contribution in [0.4, 0.5) is 0 Å². The Morgan fingerprint density at radius 3 is 2.67 bits per heavy atom. The highest BCUT2D eigenvalue weighted by Crippen LogP contribution is 2.34. The molecule has 1 fully saturated rings. The van der Waals surface area contributed by atoms with Crippen LogP contribution in [0.3, 0.4) is 0 Å². The van der Waals surface area contributed by atoms with E-state index in [2.05, 4.69) is 12.2 Å². The highest BCUT2D eigenvalue weighted by Gasteiger charge is 2.30. The Bertz CT molecular complexity index is 150. The van der Waals surface area contributed by atoms with E-state index in [4.69, 9.17) is 9.47 Å². The van der Waals surface area contributed by atoms with E-state index in [0.29, 0.717) is 5.41 Å². The van der Waals surface area contributed by atoms with Crippen molar-refractivity contribution in [3.05, 3.63) is 0 Å². The van der Waals surface area contributed by atoms with Gasteiger partial charge in [-0.1, -0.05) is 13.3 Å². The van der Waals surface area contributed by atoms with Crippen LogP contribution in [0.25, 0.3) is 0 Å². The highest BCUT2D eigenvalue weighted by molar-refractivity contribution is 4.83. The smallest absolute Gasteiger partial charge is 0.0587 e. The SMILES string of the molecule is CCCC1(CNCCOC)CCOCC1. The minimum atomic E-state index is 0.487. The topological polar surface area (TPSA) is 30.5 Å². The molecule has 3 heteroatoms. The normalized spacial score (nSPS) is 20.4. The van der Waals surface area contributed by atoms with Crippen molar-refractivity contribution < 1.29 is 9.47 Å². The maximum atomic E-state index is 5.45. The maximum absolute atomic E-state index is 5.45. The van der Waals surface area contributed by atoms with Gasteiger partial charge in [-0.25, -0.2) is 0 Å². The Balaban J connectivity index is 2.28. The van der Waals surface area contributed by atoms with Crippen molar-refractivity contribution in [1.29, 1.82) is 0 Å². The molecule has 1 aliphatic rings. The summed E-state index contributed by atoms with van der Waals surface area (Å²) >= 11 is 0. The molecule has 0 amide bonds. The van der Waals surface area contributed by atoms with Crippen LogP contribution in [-0.2, 0) is 9.47 Å². The Morgan fingerprint density at radius 1 is 1.33 bits per heavy atom. The molecule has 0 bridgehead atoms. The third-order valence-electron chi connectivity index (χ3n) is 3.32. The van der Waals surface area contributed by atoms with E-state index in [1.54, 1.807) is 7.11 Å². The molecule has 1 saturated heterocycles. The number of hydrogen-bond acceptors (Lipinski definition) is 3. The van der Waals surface area contributed by atoms with E-state index < -0.39 is 0 Å². The first-order valence-electron chi connectivity index (χ1n) is 6.10. The lowest BCUT2D eigenvalue weighted by Gasteiger charge is -2.37. The van der Waals surface area contributed by atoms with Gasteiger partial charge in [-0.05, 0) is 24.7 Å². The van der Waals surface area contributed by atoms with Crippen molar-refractivity contribution in [1.82, 2.24) is 5.32 Å². The number of rotatable bonds is 7. The second-order valence-electron chi connectivity index (χ2n) is 4.53. The van der Waals surface area contributed by atoms with Crippen LogP contribution in [0.5, 0.6) is 0 Å². The Kier molecular flexibility index (Phi) is 6.22. The van der Waals surface area contributed by atoms with Crippen LogP contribution in [-0.4, -0.2) is 40.0 Å². The van der Waals surface area contributed by atoms with E-state index in [1.165, 1.54) is 25.7 Å². The summed E-state index contributed by atoms with van der Waals surface area (Å²) in [5, 5.41) is 3.50. The molecule has 3 nitrogen and oxygen atoms in total. The van der Waals surface area contributed by atoms with Gasteiger partial charge in [0, 0.05) is 33.4 Å². The molecule has 0 aliphatic carbocycles. The molecule has 1 aliphatic heterocycles. The quantitative estimate of drug-likeness (QED) is 0.657. The fourth-order valence-electron chi connectivity index (χ4n) is 2.38. The van der Waals surface area contributed by atoms with Gasteiger partial charge in [0.15, 0.2) is 0 Å². The van der Waals surface area contributed by atoms with E-state index >= 15 is 0 Å². The van der Waals surface area contributed by atoms with E-state index in [9.17, 15) is 0 Å². The Hall–Kier alpha value is -0.120. The van der Waals surface area contributed by atoms with Gasteiger partial charge in [0.1, 0.15) is 0 Å². The van der Waals surface area contributed by atoms with Gasteiger partial charge in [0.2, 0.25) is 0 Å². The van der Waals surface area contributed by atoms with Crippen LogP contribution < -0.4 is 5.32 Å². The molecule has 0 atom stereocenters. The third kappa shape index (κ3) is 4.49. The molecule has 0 aromatic carbocycles. The zero-order chi connectivity index (χ0) is 11.0. The van der Waals surface area contributed by atoms with Crippen molar-refractivity contribution >= 4 is 0 Å². The fourth-order valence-corrected chi connectivity index (χ4v) is 2.38. The molecule has 0 aromatic rings. The van der Waals surface area contributed by atoms with Crippen LogP contribution >= 0.6 is 0 Å². The molecular weight excluding hydrogens is 190 g/mol. The number of ether oxygens (including phenoxy) is 2. The van der Waals surface area contributed by atoms with E-state index in [-0.39, 0.29) is 0 Å². The molecule has 1 heterocycles. The van der Waals surface area contributed by atoms with Crippen molar-refractivity contribution in [3.63, 3.8) is 0 Å². The fraction of sp³-hybridized carbons (Fsp3) is 1.00. The summed E-state index contributed by atoms with van der Waals surface area (Å²) in [5.74, 6) is 0. The maximum Gasteiger partial charge on any atom is 0.0587 e. The summed E-state index contributed by atoms with van der Waals surface area (Å²) in [7, 11) is 1.75. The first-order valence-corrected chi connectivity index (χ1v) is 6.10. The summed E-state index contributed by atoms with van der Waals surface area (Å²) < 4.78 is 10.5. The Labute approximate surface area is 93.5 Å². The van der Waals surface area contributed by atoms with Crippen LogP contribution in [0.1, 0.15) is 32.6 Å². The largest absolute Gasteiger partial charge is 0.383 e. The lowest BCUT2D eigenvalue weighted by atomic mass is 9.76. The minimum absolute atomic E-state index is 0.487. The Morgan fingerprint density at radius 2 is 2.07 bits per heavy atom. The highest BCUT2D eigenvalue weighted by atomic mass is 16.5. The van der Waals surface area contributed by atoms with Crippen LogP contribution in [0.15, 0.2) is 0 Å². The second-order valence-corrected chi connectivity index (χ2v) is 4.53. The van der Waals surface area contributed by atoms with Gasteiger partial charge in [0.05, 0.1) is 6.61 Å².